The average molecular weight is 410 g/mol. The number of hydrogen-bond donors (Lipinski definition) is 0. The number of ether oxygens (including phenoxy) is 1. The fraction of sp³-hybridized carbons (Fsp3) is 0.476. The molecule has 0 bridgehead atoms. The van der Waals surface area contributed by atoms with Crippen molar-refractivity contribution < 1.29 is 13.9 Å². The van der Waals surface area contributed by atoms with Crippen LogP contribution in [0, 0.1) is 22.6 Å². The molecule has 1 amide bonds. The maximum Gasteiger partial charge on any atom is 0.229 e. The standard InChI is InChI=1S/C21H23FN6O2/c1-2-21(3-5-27(6-4-21)20-25-12-17(22)13-26-20)19(29)28-7-8-30-18-15(9-23)10-24-11-16(18)14-28/h10-13H,2-8,14H2,1H3. The van der Waals surface area contributed by atoms with E-state index in [4.69, 9.17) is 4.74 Å². The minimum absolute atomic E-state index is 0.100. The molecular weight excluding hydrogens is 387 g/mol. The normalized spacial score (nSPS) is 18.0. The summed E-state index contributed by atoms with van der Waals surface area (Å²) in [6.45, 7) is 4.49. The zero-order valence-electron chi connectivity index (χ0n) is 16.8. The van der Waals surface area contributed by atoms with Crippen LogP contribution in [0.15, 0.2) is 24.8 Å². The van der Waals surface area contributed by atoms with Crippen molar-refractivity contribution in [3.05, 3.63) is 41.7 Å². The van der Waals surface area contributed by atoms with Crippen LogP contribution in [0.1, 0.15) is 37.3 Å². The van der Waals surface area contributed by atoms with Crippen molar-refractivity contribution in [2.75, 3.05) is 31.1 Å². The number of carbonyl (C=O) groups is 1. The van der Waals surface area contributed by atoms with E-state index in [0.717, 1.165) is 24.4 Å². The highest BCUT2D eigenvalue weighted by Crippen LogP contribution is 2.39. The third kappa shape index (κ3) is 3.65. The number of amides is 1. The van der Waals surface area contributed by atoms with E-state index in [9.17, 15) is 14.4 Å². The molecule has 30 heavy (non-hydrogen) atoms. The molecule has 0 aromatic carbocycles. The number of pyridine rings is 1. The average Bonchev–Trinajstić information content (AvgIpc) is 3.01. The lowest BCUT2D eigenvalue weighted by Gasteiger charge is -2.42. The maximum absolute atomic E-state index is 13.6. The maximum atomic E-state index is 13.6. The van der Waals surface area contributed by atoms with Gasteiger partial charge in [0.05, 0.1) is 30.9 Å². The van der Waals surface area contributed by atoms with Crippen LogP contribution in [0.3, 0.4) is 0 Å². The van der Waals surface area contributed by atoms with Crippen LogP contribution in [-0.2, 0) is 11.3 Å². The molecule has 4 rings (SSSR count). The molecule has 9 heteroatoms. The van der Waals surface area contributed by atoms with Crippen LogP contribution in [0.25, 0.3) is 0 Å². The van der Waals surface area contributed by atoms with E-state index < -0.39 is 11.2 Å². The number of rotatable bonds is 3. The van der Waals surface area contributed by atoms with Gasteiger partial charge in [-0.1, -0.05) is 6.92 Å². The smallest absolute Gasteiger partial charge is 0.229 e. The predicted octanol–water partition coefficient (Wildman–Crippen LogP) is 2.30. The molecule has 1 saturated heterocycles. The Balaban J connectivity index is 1.50. The largest absolute Gasteiger partial charge is 0.490 e. The Labute approximate surface area is 174 Å². The van der Waals surface area contributed by atoms with Gasteiger partial charge in [0.1, 0.15) is 24.0 Å². The first-order valence-corrected chi connectivity index (χ1v) is 10.1. The molecule has 0 spiro atoms. The van der Waals surface area contributed by atoms with Crippen molar-refractivity contribution in [2.45, 2.75) is 32.7 Å². The molecule has 156 valence electrons. The number of halogens is 1. The van der Waals surface area contributed by atoms with Crippen molar-refractivity contribution in [2.24, 2.45) is 5.41 Å². The number of nitriles is 1. The van der Waals surface area contributed by atoms with Gasteiger partial charge in [0, 0.05) is 31.0 Å². The van der Waals surface area contributed by atoms with Gasteiger partial charge in [-0.25, -0.2) is 14.4 Å². The minimum Gasteiger partial charge on any atom is -0.490 e. The van der Waals surface area contributed by atoms with Crippen LogP contribution < -0.4 is 9.64 Å². The summed E-state index contributed by atoms with van der Waals surface area (Å²) in [5, 5.41) is 9.29. The summed E-state index contributed by atoms with van der Waals surface area (Å²) in [5.41, 5.74) is 0.671. The Morgan fingerprint density at radius 3 is 2.63 bits per heavy atom. The van der Waals surface area contributed by atoms with Crippen molar-refractivity contribution >= 4 is 11.9 Å². The first kappa shape index (κ1) is 20.0. The van der Waals surface area contributed by atoms with Crippen LogP contribution in [-0.4, -0.2) is 52.0 Å². The van der Waals surface area contributed by atoms with E-state index in [0.29, 0.717) is 62.9 Å². The van der Waals surface area contributed by atoms with Gasteiger partial charge in [-0.3, -0.25) is 9.78 Å². The molecule has 0 saturated carbocycles. The molecule has 1 fully saturated rings. The third-order valence-electron chi connectivity index (χ3n) is 6.09. The van der Waals surface area contributed by atoms with Gasteiger partial charge >= 0.3 is 0 Å². The van der Waals surface area contributed by atoms with Crippen LogP contribution >= 0.6 is 0 Å². The first-order chi connectivity index (χ1) is 14.6. The molecule has 0 aliphatic carbocycles. The third-order valence-corrected chi connectivity index (χ3v) is 6.09. The van der Waals surface area contributed by atoms with E-state index in [1.54, 1.807) is 6.20 Å². The zero-order chi connectivity index (χ0) is 21.1. The molecule has 2 aromatic heterocycles. The Bertz CT molecular complexity index is 966. The second-order valence-corrected chi connectivity index (χ2v) is 7.68. The summed E-state index contributed by atoms with van der Waals surface area (Å²) in [6, 6.07) is 2.10. The van der Waals surface area contributed by atoms with Crippen LogP contribution in [0.2, 0.25) is 0 Å². The number of hydrogen-bond acceptors (Lipinski definition) is 7. The molecular formula is C21H23FN6O2. The number of nitrogens with zero attached hydrogens (tertiary/aromatic N) is 6. The van der Waals surface area contributed by atoms with Crippen LogP contribution in [0.4, 0.5) is 10.3 Å². The lowest BCUT2D eigenvalue weighted by Crippen LogP contribution is -2.50. The van der Waals surface area contributed by atoms with Gasteiger partial charge in [-0.15, -0.1) is 0 Å². The van der Waals surface area contributed by atoms with Crippen LogP contribution in [0.5, 0.6) is 5.75 Å². The van der Waals surface area contributed by atoms with E-state index in [2.05, 4.69) is 21.0 Å². The summed E-state index contributed by atoms with van der Waals surface area (Å²) >= 11 is 0. The molecule has 0 N–H and O–H groups in total. The van der Waals surface area contributed by atoms with Gasteiger partial charge in [0.25, 0.3) is 0 Å². The van der Waals surface area contributed by atoms with Gasteiger partial charge < -0.3 is 14.5 Å². The van der Waals surface area contributed by atoms with Gasteiger partial charge in [0.2, 0.25) is 11.9 Å². The number of carbonyl (C=O) groups excluding carboxylic acids is 1. The van der Waals surface area contributed by atoms with E-state index >= 15 is 0 Å². The van der Waals surface area contributed by atoms with Gasteiger partial charge in [-0.05, 0) is 19.3 Å². The highest BCUT2D eigenvalue weighted by molar-refractivity contribution is 5.83. The topological polar surface area (TPSA) is 95.2 Å². The summed E-state index contributed by atoms with van der Waals surface area (Å²) in [5.74, 6) is 0.646. The summed E-state index contributed by atoms with van der Waals surface area (Å²) in [7, 11) is 0. The van der Waals surface area contributed by atoms with Crippen molar-refractivity contribution in [3.8, 4) is 11.8 Å². The fourth-order valence-corrected chi connectivity index (χ4v) is 4.23. The lowest BCUT2D eigenvalue weighted by atomic mass is 9.75. The number of piperidine rings is 1. The SMILES string of the molecule is CCC1(C(=O)N2CCOc3c(C#N)cncc3C2)CCN(c2ncc(F)cn2)CC1. The summed E-state index contributed by atoms with van der Waals surface area (Å²) < 4.78 is 18.9. The fourth-order valence-electron chi connectivity index (χ4n) is 4.23. The molecule has 2 aliphatic rings. The number of fused-ring (bicyclic) bond motifs is 1. The molecule has 8 nitrogen and oxygen atoms in total. The summed E-state index contributed by atoms with van der Waals surface area (Å²) in [4.78, 5) is 29.6. The predicted molar refractivity (Wildman–Crippen MR) is 106 cm³/mol. The molecule has 0 atom stereocenters. The minimum atomic E-state index is -0.471. The number of anilines is 1. The Morgan fingerprint density at radius 2 is 1.97 bits per heavy atom. The van der Waals surface area contributed by atoms with Gasteiger partial charge in [-0.2, -0.15) is 5.26 Å². The van der Waals surface area contributed by atoms with E-state index in [1.165, 1.54) is 6.20 Å². The lowest BCUT2D eigenvalue weighted by molar-refractivity contribution is -0.144. The summed E-state index contributed by atoms with van der Waals surface area (Å²) in [6.07, 6.45) is 7.53. The Morgan fingerprint density at radius 1 is 1.23 bits per heavy atom. The van der Waals surface area contributed by atoms with Crippen molar-refractivity contribution in [3.63, 3.8) is 0 Å². The van der Waals surface area contributed by atoms with E-state index in [-0.39, 0.29) is 5.91 Å². The Kier molecular flexibility index (Phi) is 5.48. The monoisotopic (exact) mass is 410 g/mol. The quantitative estimate of drug-likeness (QED) is 0.766. The Hall–Kier alpha value is -3.28. The van der Waals surface area contributed by atoms with Crippen molar-refractivity contribution in [1.29, 1.82) is 5.26 Å². The zero-order valence-corrected chi connectivity index (χ0v) is 16.8. The molecule has 0 unspecified atom stereocenters. The molecule has 0 radical (unpaired) electrons. The molecule has 2 aromatic rings. The second-order valence-electron chi connectivity index (χ2n) is 7.68. The highest BCUT2D eigenvalue weighted by Gasteiger charge is 2.43. The molecule has 4 heterocycles. The van der Waals surface area contributed by atoms with E-state index in [1.807, 2.05) is 16.7 Å². The second kappa shape index (κ2) is 8.22. The first-order valence-electron chi connectivity index (χ1n) is 10.1. The van der Waals surface area contributed by atoms with Crippen molar-refractivity contribution in [1.82, 2.24) is 19.9 Å². The molecule has 2 aliphatic heterocycles. The highest BCUT2D eigenvalue weighted by atomic mass is 19.1. The number of aromatic nitrogens is 3. The van der Waals surface area contributed by atoms with Gasteiger partial charge in [0.15, 0.2) is 5.82 Å².